The molecule has 0 aromatic rings. The second kappa shape index (κ2) is 7.82. The quantitative estimate of drug-likeness (QED) is 0.214. The zero-order chi connectivity index (χ0) is 14.3. The maximum atomic E-state index is 10.7. The van der Waals surface area contributed by atoms with Gasteiger partial charge < -0.3 is 41.5 Å². The lowest BCUT2D eigenvalue weighted by molar-refractivity contribution is -0.253. The van der Waals surface area contributed by atoms with Crippen LogP contribution in [0.5, 0.6) is 0 Å². The minimum Gasteiger partial charge on any atom is -0.394 e. The predicted molar refractivity (Wildman–Crippen MR) is 57.7 cm³/mol. The zero-order valence-corrected chi connectivity index (χ0v) is 9.54. The highest BCUT2D eigenvalue weighted by Crippen LogP contribution is 2.19. The third-order valence-corrected chi connectivity index (χ3v) is 2.27. The van der Waals surface area contributed by atoms with E-state index >= 15 is 0 Å². The molecule has 104 valence electrons. The number of hydrogen-bond acceptors (Lipinski definition) is 6. The van der Waals surface area contributed by atoms with Crippen LogP contribution >= 0.6 is 0 Å². The normalized spacial score (nSPS) is 34.8. The van der Waals surface area contributed by atoms with Crippen LogP contribution in [0.3, 0.4) is 0 Å². The summed E-state index contributed by atoms with van der Waals surface area (Å²) in [6.45, 7) is 0.687. The number of carbonyl (C=O) groups excluding carboxylic acids is 1. The Morgan fingerprint density at radius 3 is 2.22 bits per heavy atom. The van der Waals surface area contributed by atoms with Crippen LogP contribution in [-0.2, 0) is 9.53 Å². The number of aliphatic hydroxyl groups is 4. The first-order valence-electron chi connectivity index (χ1n) is 4.95. The van der Waals surface area contributed by atoms with Crippen molar-refractivity contribution in [3.63, 3.8) is 0 Å². The Morgan fingerprint density at radius 2 is 1.83 bits per heavy atom. The van der Waals surface area contributed by atoms with Crippen LogP contribution in [0.1, 0.15) is 6.92 Å². The van der Waals surface area contributed by atoms with E-state index in [1.165, 1.54) is 11.8 Å². The fourth-order valence-electron chi connectivity index (χ4n) is 1.49. The molecule has 1 aliphatic heterocycles. The maximum absolute atomic E-state index is 10.7. The Labute approximate surface area is 102 Å². The van der Waals surface area contributed by atoms with Crippen molar-refractivity contribution in [1.29, 1.82) is 0 Å². The summed E-state index contributed by atoms with van der Waals surface area (Å²) in [5, 5.41) is 39.4. The molecule has 1 heterocycles. The summed E-state index contributed by atoms with van der Waals surface area (Å²) in [5.74, 6) is -0.462. The fraction of sp³-hybridized carbons (Fsp3) is 0.875. The second-order valence-electron chi connectivity index (χ2n) is 3.54. The molecule has 1 amide bonds. The SMILES string of the molecule is CC(=O)N[C@H]1C(O)O[C@H](CO)[C@H](O)[C@@H]1O.[N-]=[N+]=[N-]. The minimum absolute atomic E-state index is 0.462. The molecule has 5 N–H and O–H groups in total. The van der Waals surface area contributed by atoms with Crippen LogP contribution < -0.4 is 5.32 Å². The second-order valence-corrected chi connectivity index (χ2v) is 3.54. The van der Waals surface area contributed by atoms with Crippen molar-refractivity contribution in [3.8, 4) is 0 Å². The van der Waals surface area contributed by atoms with Gasteiger partial charge in [0.05, 0.1) is 6.61 Å². The molecule has 1 saturated heterocycles. The highest BCUT2D eigenvalue weighted by Gasteiger charge is 2.43. The Kier molecular flexibility index (Phi) is 7.20. The highest BCUT2D eigenvalue weighted by molar-refractivity contribution is 5.73. The van der Waals surface area contributed by atoms with Crippen molar-refractivity contribution in [3.05, 3.63) is 16.0 Å². The Hall–Kier alpha value is -1.42. The van der Waals surface area contributed by atoms with E-state index in [4.69, 9.17) is 20.9 Å². The monoisotopic (exact) mass is 263 g/mol. The molecular weight excluding hydrogens is 248 g/mol. The van der Waals surface area contributed by atoms with Crippen molar-refractivity contribution in [2.24, 2.45) is 0 Å². The van der Waals surface area contributed by atoms with Gasteiger partial charge in [0.1, 0.15) is 24.4 Å². The van der Waals surface area contributed by atoms with Crippen molar-refractivity contribution in [2.75, 3.05) is 6.61 Å². The number of ether oxygens (including phenoxy) is 1. The zero-order valence-electron chi connectivity index (χ0n) is 9.54. The van der Waals surface area contributed by atoms with Gasteiger partial charge in [-0.2, -0.15) is 0 Å². The number of rotatable bonds is 2. The number of nitrogens with one attached hydrogen (secondary N) is 1. The lowest BCUT2D eigenvalue weighted by Gasteiger charge is -2.40. The molecule has 1 unspecified atom stereocenters. The summed E-state index contributed by atoms with van der Waals surface area (Å²) >= 11 is 0. The van der Waals surface area contributed by atoms with Crippen LogP contribution in [-0.4, -0.2) is 63.6 Å². The van der Waals surface area contributed by atoms with E-state index in [1.54, 1.807) is 0 Å². The molecule has 5 atom stereocenters. The van der Waals surface area contributed by atoms with Crippen molar-refractivity contribution in [2.45, 2.75) is 37.6 Å². The number of hydrogen-bond donors (Lipinski definition) is 5. The summed E-state index contributed by atoms with van der Waals surface area (Å²) in [7, 11) is 0. The first kappa shape index (κ1) is 16.6. The van der Waals surface area contributed by atoms with Gasteiger partial charge in [0.2, 0.25) is 5.91 Å². The molecule has 0 radical (unpaired) electrons. The van der Waals surface area contributed by atoms with Crippen molar-refractivity contribution in [1.82, 2.24) is 5.32 Å². The van der Waals surface area contributed by atoms with Crippen LogP contribution in [0.4, 0.5) is 0 Å². The minimum atomic E-state index is -1.45. The third kappa shape index (κ3) is 4.45. The number of carbonyl (C=O) groups is 1. The van der Waals surface area contributed by atoms with Gasteiger partial charge in [-0.3, -0.25) is 9.71 Å². The molecule has 0 aromatic carbocycles. The summed E-state index contributed by atoms with van der Waals surface area (Å²) < 4.78 is 4.81. The van der Waals surface area contributed by atoms with Crippen molar-refractivity contribution < 1.29 is 30.0 Å². The molecule has 1 aliphatic rings. The molecule has 0 aromatic heterocycles. The van der Waals surface area contributed by atoms with E-state index in [9.17, 15) is 20.1 Å². The highest BCUT2D eigenvalue weighted by atomic mass is 16.6. The third-order valence-electron chi connectivity index (χ3n) is 2.27. The standard InChI is InChI=1S/C8H15NO6.N3/c1-3(11)9-5-7(13)6(12)4(2-10)15-8(5)14;1-3-2/h4-8,10,12-14H,2H2,1H3,(H,9,11);/q;-1/t4-,5-,6+,7-,8?;/m1./s1. The Bertz CT molecular complexity index is 308. The van der Waals surface area contributed by atoms with Crippen LogP contribution in [0, 0.1) is 0 Å². The Balaban J connectivity index is 0.000000873. The Morgan fingerprint density at radius 1 is 1.33 bits per heavy atom. The van der Waals surface area contributed by atoms with Gasteiger partial charge in [0, 0.05) is 6.92 Å². The molecule has 1 fully saturated rings. The van der Waals surface area contributed by atoms with Crippen molar-refractivity contribution >= 4 is 5.91 Å². The number of amides is 1. The molecule has 0 spiro atoms. The van der Waals surface area contributed by atoms with E-state index in [0.29, 0.717) is 0 Å². The molecule has 10 nitrogen and oxygen atoms in total. The smallest absolute Gasteiger partial charge is 0.217 e. The first-order valence-corrected chi connectivity index (χ1v) is 4.95. The van der Waals surface area contributed by atoms with E-state index in [2.05, 4.69) is 5.32 Å². The lowest BCUT2D eigenvalue weighted by Crippen LogP contribution is -2.63. The van der Waals surface area contributed by atoms with Crippen LogP contribution in [0.15, 0.2) is 0 Å². The van der Waals surface area contributed by atoms with Crippen LogP contribution in [0.2, 0.25) is 0 Å². The van der Waals surface area contributed by atoms with E-state index in [1.807, 2.05) is 0 Å². The molecule has 0 saturated carbocycles. The summed E-state index contributed by atoms with van der Waals surface area (Å²) in [6.07, 6.45) is -5.24. The fourth-order valence-corrected chi connectivity index (χ4v) is 1.49. The van der Waals surface area contributed by atoms with Gasteiger partial charge in [-0.15, -0.1) is 0 Å². The maximum Gasteiger partial charge on any atom is 0.217 e. The van der Waals surface area contributed by atoms with E-state index < -0.39 is 43.2 Å². The lowest BCUT2D eigenvalue weighted by atomic mass is 9.97. The van der Waals surface area contributed by atoms with Crippen LogP contribution in [0.25, 0.3) is 16.0 Å². The summed E-state index contributed by atoms with van der Waals surface area (Å²) in [6, 6.07) is -1.10. The molecular formula is C8H15N4O6-. The molecule has 1 rings (SSSR count). The molecule has 0 bridgehead atoms. The first-order chi connectivity index (χ1) is 8.38. The van der Waals surface area contributed by atoms with Gasteiger partial charge in [-0.1, -0.05) is 0 Å². The van der Waals surface area contributed by atoms with Gasteiger partial charge >= 0.3 is 0 Å². The average Bonchev–Trinajstić information content (AvgIpc) is 2.30. The molecule has 18 heavy (non-hydrogen) atoms. The number of nitrogens with zero attached hydrogens (tertiary/aromatic N) is 3. The van der Waals surface area contributed by atoms with E-state index in [0.717, 1.165) is 0 Å². The summed E-state index contributed by atoms with van der Waals surface area (Å²) in [5.41, 5.74) is 13.5. The average molecular weight is 263 g/mol. The van der Waals surface area contributed by atoms with Gasteiger partial charge in [-0.05, 0) is 0 Å². The molecule has 10 heteroatoms. The molecule has 0 aliphatic carbocycles. The number of aliphatic hydroxyl groups excluding tert-OH is 4. The van der Waals surface area contributed by atoms with E-state index in [-0.39, 0.29) is 0 Å². The largest absolute Gasteiger partial charge is 0.394 e. The summed E-state index contributed by atoms with van der Waals surface area (Å²) in [4.78, 5) is 12.2. The van der Waals surface area contributed by atoms with Gasteiger partial charge in [-0.25, -0.2) is 0 Å². The topological polar surface area (TPSA) is 178 Å². The van der Waals surface area contributed by atoms with Gasteiger partial charge in [0.15, 0.2) is 6.29 Å². The van der Waals surface area contributed by atoms with Gasteiger partial charge in [0.25, 0.3) is 0 Å². The predicted octanol–water partition coefficient (Wildman–Crippen LogP) is -2.21.